The SMILES string of the molecule is CCCOCC1(C(F)(F)F)c2cc(Cl)ccc2Nc2c1cc[nH]c2=O. The number of alkyl halides is 3. The van der Waals surface area contributed by atoms with Crippen molar-refractivity contribution >= 4 is 23.0 Å². The maximum absolute atomic E-state index is 14.4. The number of hydrogen-bond donors (Lipinski definition) is 2. The van der Waals surface area contributed by atoms with Gasteiger partial charge in [0.2, 0.25) is 0 Å². The topological polar surface area (TPSA) is 54.1 Å². The quantitative estimate of drug-likeness (QED) is 0.784. The van der Waals surface area contributed by atoms with Crippen LogP contribution in [0.2, 0.25) is 5.02 Å². The number of hydrogen-bond acceptors (Lipinski definition) is 3. The van der Waals surface area contributed by atoms with Crippen LogP contribution in [-0.4, -0.2) is 24.4 Å². The first-order chi connectivity index (χ1) is 11.8. The first-order valence-corrected chi connectivity index (χ1v) is 8.12. The molecule has 0 saturated carbocycles. The number of halogens is 4. The molecule has 1 aromatic carbocycles. The highest BCUT2D eigenvalue weighted by atomic mass is 35.5. The summed E-state index contributed by atoms with van der Waals surface area (Å²) in [5.41, 5.74) is -3.27. The minimum absolute atomic E-state index is 0.0540. The van der Waals surface area contributed by atoms with Gasteiger partial charge in [-0.3, -0.25) is 4.79 Å². The van der Waals surface area contributed by atoms with Crippen molar-refractivity contribution in [2.24, 2.45) is 0 Å². The lowest BCUT2D eigenvalue weighted by Crippen LogP contribution is -2.50. The highest BCUT2D eigenvalue weighted by Gasteiger charge is 2.61. The van der Waals surface area contributed by atoms with Gasteiger partial charge in [0.05, 0.1) is 6.61 Å². The number of rotatable bonds is 4. The van der Waals surface area contributed by atoms with E-state index in [-0.39, 0.29) is 34.1 Å². The molecule has 0 spiro atoms. The summed E-state index contributed by atoms with van der Waals surface area (Å²) in [6, 6.07) is 5.45. The molecule has 8 heteroatoms. The van der Waals surface area contributed by atoms with E-state index < -0.39 is 23.8 Å². The second-order valence-electron chi connectivity index (χ2n) is 5.87. The summed E-state index contributed by atoms with van der Waals surface area (Å²) in [4.78, 5) is 14.5. The van der Waals surface area contributed by atoms with E-state index in [1.807, 2.05) is 6.92 Å². The van der Waals surface area contributed by atoms with Crippen molar-refractivity contribution < 1.29 is 17.9 Å². The molecule has 2 heterocycles. The molecule has 1 aliphatic rings. The van der Waals surface area contributed by atoms with Gasteiger partial charge in [-0.15, -0.1) is 0 Å². The second-order valence-corrected chi connectivity index (χ2v) is 6.30. The Kier molecular flexibility index (Phi) is 4.55. The van der Waals surface area contributed by atoms with Crippen molar-refractivity contribution in [3.05, 3.63) is 57.0 Å². The molecular weight excluding hydrogens is 357 g/mol. The maximum Gasteiger partial charge on any atom is 0.404 e. The van der Waals surface area contributed by atoms with Gasteiger partial charge in [0, 0.05) is 29.1 Å². The molecule has 3 rings (SSSR count). The van der Waals surface area contributed by atoms with Crippen LogP contribution < -0.4 is 10.9 Å². The van der Waals surface area contributed by atoms with Crippen molar-refractivity contribution in [3.8, 4) is 0 Å². The highest BCUT2D eigenvalue weighted by Crippen LogP contribution is 2.53. The number of anilines is 2. The Hall–Kier alpha value is -1.99. The van der Waals surface area contributed by atoms with Gasteiger partial charge in [-0.25, -0.2) is 0 Å². The van der Waals surface area contributed by atoms with E-state index in [0.717, 1.165) is 0 Å². The Morgan fingerprint density at radius 2 is 2.00 bits per heavy atom. The normalized spacial score (nSPS) is 19.1. The number of benzene rings is 1. The smallest absolute Gasteiger partial charge is 0.380 e. The second kappa shape index (κ2) is 6.38. The van der Waals surface area contributed by atoms with E-state index in [1.165, 1.54) is 30.5 Å². The molecule has 0 amide bonds. The first-order valence-electron chi connectivity index (χ1n) is 7.75. The van der Waals surface area contributed by atoms with Gasteiger partial charge in [-0.05, 0) is 36.2 Å². The van der Waals surface area contributed by atoms with Gasteiger partial charge in [-0.2, -0.15) is 13.2 Å². The lowest BCUT2D eigenvalue weighted by Gasteiger charge is -2.41. The zero-order valence-electron chi connectivity index (χ0n) is 13.3. The van der Waals surface area contributed by atoms with Crippen LogP contribution >= 0.6 is 11.6 Å². The Labute approximate surface area is 147 Å². The molecule has 1 unspecified atom stereocenters. The Morgan fingerprint density at radius 3 is 2.68 bits per heavy atom. The predicted molar refractivity (Wildman–Crippen MR) is 89.7 cm³/mol. The molecule has 0 saturated heterocycles. The van der Waals surface area contributed by atoms with Crippen LogP contribution in [0.5, 0.6) is 0 Å². The monoisotopic (exact) mass is 372 g/mol. The largest absolute Gasteiger partial charge is 0.404 e. The van der Waals surface area contributed by atoms with Crippen molar-refractivity contribution in [1.29, 1.82) is 0 Å². The average Bonchev–Trinajstić information content (AvgIpc) is 2.54. The molecule has 0 bridgehead atoms. The van der Waals surface area contributed by atoms with Crippen LogP contribution in [0.25, 0.3) is 0 Å². The van der Waals surface area contributed by atoms with E-state index in [4.69, 9.17) is 16.3 Å². The maximum atomic E-state index is 14.4. The Morgan fingerprint density at radius 1 is 1.24 bits per heavy atom. The third-order valence-corrected chi connectivity index (χ3v) is 4.51. The summed E-state index contributed by atoms with van der Waals surface area (Å²) >= 11 is 5.97. The van der Waals surface area contributed by atoms with Gasteiger partial charge in [0.1, 0.15) is 11.1 Å². The minimum Gasteiger partial charge on any atom is -0.380 e. The van der Waals surface area contributed by atoms with E-state index in [0.29, 0.717) is 6.42 Å². The molecule has 0 fully saturated rings. The van der Waals surface area contributed by atoms with Crippen LogP contribution in [-0.2, 0) is 10.2 Å². The molecule has 134 valence electrons. The molecular formula is C17H16ClF3N2O2. The minimum atomic E-state index is -4.69. The van der Waals surface area contributed by atoms with E-state index >= 15 is 0 Å². The van der Waals surface area contributed by atoms with Gasteiger partial charge >= 0.3 is 6.18 Å². The van der Waals surface area contributed by atoms with Crippen LogP contribution in [0.4, 0.5) is 24.5 Å². The summed E-state index contributed by atoms with van der Waals surface area (Å²) < 4.78 is 48.5. The molecule has 25 heavy (non-hydrogen) atoms. The number of aromatic amines is 1. The number of nitrogens with one attached hydrogen (secondary N) is 2. The summed E-state index contributed by atoms with van der Waals surface area (Å²) in [5, 5.41) is 2.97. The molecule has 1 atom stereocenters. The summed E-state index contributed by atoms with van der Waals surface area (Å²) in [5.74, 6) is 0. The Bertz CT molecular complexity index is 851. The van der Waals surface area contributed by atoms with Crippen molar-refractivity contribution in [2.75, 3.05) is 18.5 Å². The molecule has 0 aliphatic carbocycles. The van der Waals surface area contributed by atoms with Gasteiger partial charge in [0.15, 0.2) is 0 Å². The summed E-state index contributed by atoms with van der Waals surface area (Å²) in [6.45, 7) is 1.36. The number of ether oxygens (including phenoxy) is 1. The summed E-state index contributed by atoms with van der Waals surface area (Å²) in [6.07, 6.45) is -2.90. The van der Waals surface area contributed by atoms with Crippen molar-refractivity contribution in [3.63, 3.8) is 0 Å². The van der Waals surface area contributed by atoms with Gasteiger partial charge in [-0.1, -0.05) is 18.5 Å². The third-order valence-electron chi connectivity index (χ3n) is 4.27. The van der Waals surface area contributed by atoms with Crippen LogP contribution in [0.1, 0.15) is 24.5 Å². The fourth-order valence-electron chi connectivity index (χ4n) is 3.13. The fourth-order valence-corrected chi connectivity index (χ4v) is 3.30. The van der Waals surface area contributed by atoms with Crippen molar-refractivity contribution in [1.82, 2.24) is 4.98 Å². The van der Waals surface area contributed by atoms with Crippen molar-refractivity contribution in [2.45, 2.75) is 24.9 Å². The molecule has 1 aliphatic heterocycles. The number of H-pyrrole nitrogens is 1. The lowest BCUT2D eigenvalue weighted by atomic mass is 9.71. The standard InChI is InChI=1S/C17H16ClF3N2O2/c1-2-7-25-9-16(17(19,20)21)11-5-6-22-15(24)14(11)23-13-4-3-10(18)8-12(13)16/h3-6,8,23H,2,7,9H2,1H3,(H,22,24). The van der Waals surface area contributed by atoms with E-state index in [2.05, 4.69) is 10.3 Å². The third kappa shape index (κ3) is 2.81. The van der Waals surface area contributed by atoms with Crippen LogP contribution in [0.3, 0.4) is 0 Å². The highest BCUT2D eigenvalue weighted by molar-refractivity contribution is 6.30. The van der Waals surface area contributed by atoms with Gasteiger partial charge < -0.3 is 15.0 Å². The van der Waals surface area contributed by atoms with Crippen LogP contribution in [0, 0.1) is 0 Å². The molecule has 2 N–H and O–H groups in total. The zero-order chi connectivity index (χ0) is 18.2. The predicted octanol–water partition coefficient (Wildman–Crippen LogP) is 4.36. The van der Waals surface area contributed by atoms with Crippen LogP contribution in [0.15, 0.2) is 35.3 Å². The first kappa shape index (κ1) is 17.8. The molecule has 2 aromatic rings. The molecule has 4 nitrogen and oxygen atoms in total. The molecule has 0 radical (unpaired) electrons. The Balaban J connectivity index is 2.33. The fraction of sp³-hybridized carbons (Fsp3) is 0.353. The molecule has 1 aromatic heterocycles. The van der Waals surface area contributed by atoms with Gasteiger partial charge in [0.25, 0.3) is 5.56 Å². The average molecular weight is 373 g/mol. The van der Waals surface area contributed by atoms with E-state index in [1.54, 1.807) is 0 Å². The number of pyridine rings is 1. The number of aromatic nitrogens is 1. The van der Waals surface area contributed by atoms with E-state index in [9.17, 15) is 18.0 Å². The number of fused-ring (bicyclic) bond motifs is 2. The zero-order valence-corrected chi connectivity index (χ0v) is 14.1. The lowest BCUT2D eigenvalue weighted by molar-refractivity contribution is -0.192. The summed E-state index contributed by atoms with van der Waals surface area (Å²) in [7, 11) is 0.